The first-order valence-corrected chi connectivity index (χ1v) is 10.1. The first-order valence-electron chi connectivity index (χ1n) is 11.7. The van der Waals surface area contributed by atoms with E-state index in [0.29, 0.717) is 0 Å². The van der Waals surface area contributed by atoms with Crippen molar-refractivity contribution in [2.24, 2.45) is 0 Å². The SMILES string of the molecule is [2H]c1c(C([2H])([2H])CC(=O)C(F)(F)c2ccc(Cl)cc2)cc2c(c1[2H])C(=O)N(C1CCC(=O)NC1=O)C2. The number of halogens is 3. The molecule has 0 aliphatic carbocycles. The molecule has 1 atom stereocenters. The number of carbonyl (C=O) groups excluding carboxylic acids is 4. The second kappa shape index (κ2) is 8.43. The number of aryl methyl sites for hydroxylation is 1. The number of piperidine rings is 1. The van der Waals surface area contributed by atoms with Crippen LogP contribution in [0.5, 0.6) is 0 Å². The summed E-state index contributed by atoms with van der Waals surface area (Å²) in [5.41, 5.74) is -1.24. The maximum Gasteiger partial charge on any atom is 0.330 e. The minimum Gasteiger partial charge on any atom is -0.322 e. The van der Waals surface area contributed by atoms with Gasteiger partial charge in [0.05, 0.1) is 2.74 Å². The van der Waals surface area contributed by atoms with Crippen LogP contribution in [-0.4, -0.2) is 34.4 Å². The molecule has 2 aliphatic heterocycles. The topological polar surface area (TPSA) is 83.6 Å². The van der Waals surface area contributed by atoms with Crippen molar-refractivity contribution >= 4 is 35.1 Å². The van der Waals surface area contributed by atoms with Gasteiger partial charge in [0.1, 0.15) is 6.04 Å². The second-order valence-corrected chi connectivity index (χ2v) is 7.90. The molecular weight excluding hydrogens is 442 g/mol. The van der Waals surface area contributed by atoms with Crippen molar-refractivity contribution in [2.45, 2.75) is 44.1 Å². The van der Waals surface area contributed by atoms with Gasteiger partial charge in [0.25, 0.3) is 5.91 Å². The van der Waals surface area contributed by atoms with Gasteiger partial charge in [-0.2, -0.15) is 8.78 Å². The molecule has 2 aromatic rings. The fourth-order valence-electron chi connectivity index (χ4n) is 3.64. The number of nitrogens with zero attached hydrogens (tertiary/aromatic N) is 1. The van der Waals surface area contributed by atoms with Crippen LogP contribution in [0.1, 0.15) is 51.8 Å². The average molecular weight is 465 g/mol. The van der Waals surface area contributed by atoms with E-state index < -0.39 is 71.5 Å². The number of hydrogen-bond donors (Lipinski definition) is 1. The maximum absolute atomic E-state index is 14.7. The van der Waals surface area contributed by atoms with Crippen LogP contribution >= 0.6 is 11.6 Å². The van der Waals surface area contributed by atoms with E-state index in [-0.39, 0.29) is 35.5 Å². The first-order chi connectivity index (χ1) is 16.7. The average Bonchev–Trinajstić information content (AvgIpc) is 3.12. The Morgan fingerprint density at radius 2 is 1.97 bits per heavy atom. The smallest absolute Gasteiger partial charge is 0.322 e. The molecule has 0 spiro atoms. The zero-order valence-corrected chi connectivity index (χ0v) is 17.3. The highest BCUT2D eigenvalue weighted by atomic mass is 35.5. The van der Waals surface area contributed by atoms with Crippen molar-refractivity contribution in [1.29, 1.82) is 0 Å². The molecule has 1 saturated heterocycles. The highest BCUT2D eigenvalue weighted by Gasteiger charge is 2.41. The van der Waals surface area contributed by atoms with Crippen molar-refractivity contribution in [3.05, 3.63) is 69.7 Å². The molecule has 0 bridgehead atoms. The van der Waals surface area contributed by atoms with Gasteiger partial charge in [-0.05, 0) is 42.1 Å². The van der Waals surface area contributed by atoms with Crippen molar-refractivity contribution in [3.63, 3.8) is 0 Å². The molecule has 6 nitrogen and oxygen atoms in total. The van der Waals surface area contributed by atoms with E-state index >= 15 is 0 Å². The Labute approximate surface area is 193 Å². The molecule has 1 fully saturated rings. The number of amides is 3. The molecular formula is C23H19ClF2N2O4. The monoisotopic (exact) mass is 464 g/mol. The number of nitrogens with one attached hydrogen (secondary N) is 1. The van der Waals surface area contributed by atoms with Crippen LogP contribution in [0.15, 0.2) is 42.4 Å². The summed E-state index contributed by atoms with van der Waals surface area (Å²) >= 11 is 5.70. The molecule has 1 unspecified atom stereocenters. The molecule has 0 aromatic heterocycles. The number of rotatable bonds is 6. The number of fused-ring (bicyclic) bond motifs is 1. The Morgan fingerprint density at radius 3 is 2.66 bits per heavy atom. The van der Waals surface area contributed by atoms with Gasteiger partial charge in [-0.3, -0.25) is 24.5 Å². The summed E-state index contributed by atoms with van der Waals surface area (Å²) < 4.78 is 62.6. The predicted octanol–water partition coefficient (Wildman–Crippen LogP) is 3.39. The summed E-state index contributed by atoms with van der Waals surface area (Å²) in [4.78, 5) is 50.2. The van der Waals surface area contributed by atoms with Crippen LogP contribution in [-0.2, 0) is 33.2 Å². The van der Waals surface area contributed by atoms with Gasteiger partial charge >= 0.3 is 5.92 Å². The Balaban J connectivity index is 1.63. The molecule has 9 heteroatoms. The molecule has 3 amide bonds. The van der Waals surface area contributed by atoms with Gasteiger partial charge in [-0.25, -0.2) is 0 Å². The number of alkyl halides is 2. The van der Waals surface area contributed by atoms with E-state index in [0.717, 1.165) is 23.1 Å². The molecule has 0 radical (unpaired) electrons. The van der Waals surface area contributed by atoms with E-state index in [1.54, 1.807) is 0 Å². The second-order valence-electron chi connectivity index (χ2n) is 7.47. The number of ketones is 1. The normalized spacial score (nSPS) is 20.8. The molecule has 2 aromatic carbocycles. The summed E-state index contributed by atoms with van der Waals surface area (Å²) in [6.07, 6.45) is -3.99. The summed E-state index contributed by atoms with van der Waals surface area (Å²) in [6.45, 7) is -0.204. The molecule has 0 saturated carbocycles. The van der Waals surface area contributed by atoms with Gasteiger partial charge in [-0.15, -0.1) is 0 Å². The Kier molecular flexibility index (Phi) is 4.59. The standard InChI is InChI=1S/C23H19ClF2N2O4/c24-16-5-3-15(4-6-16)23(25,26)19(29)9-2-13-1-7-17-14(11-13)12-28(22(17)32)18-8-10-20(30)27-21(18)31/h1,3-7,11,18H,2,8-10,12H2,(H,27,30,31)/i1D,2D2,7D. The van der Waals surface area contributed by atoms with Gasteiger partial charge in [0, 0.05) is 38.3 Å². The molecule has 166 valence electrons. The van der Waals surface area contributed by atoms with E-state index in [2.05, 4.69) is 5.32 Å². The molecule has 32 heavy (non-hydrogen) atoms. The largest absolute Gasteiger partial charge is 0.330 e. The minimum absolute atomic E-state index is 0.00566. The summed E-state index contributed by atoms with van der Waals surface area (Å²) in [5.74, 6) is -7.65. The lowest BCUT2D eigenvalue weighted by molar-refractivity contribution is -0.144. The zero-order valence-electron chi connectivity index (χ0n) is 20.5. The maximum atomic E-state index is 14.7. The Bertz CT molecular complexity index is 1300. The van der Waals surface area contributed by atoms with Gasteiger partial charge in [0.15, 0.2) is 0 Å². The van der Waals surface area contributed by atoms with Crippen LogP contribution in [0, 0.1) is 0 Å². The molecule has 1 N–H and O–H groups in total. The van der Waals surface area contributed by atoms with Crippen LogP contribution in [0.25, 0.3) is 0 Å². The molecule has 2 aliphatic rings. The van der Waals surface area contributed by atoms with Crippen LogP contribution < -0.4 is 5.32 Å². The van der Waals surface area contributed by atoms with Crippen LogP contribution in [0.2, 0.25) is 5.02 Å². The van der Waals surface area contributed by atoms with E-state index in [9.17, 15) is 28.0 Å². The predicted molar refractivity (Wildman–Crippen MR) is 111 cm³/mol. The highest BCUT2D eigenvalue weighted by molar-refractivity contribution is 6.30. The third-order valence-electron chi connectivity index (χ3n) is 5.36. The minimum atomic E-state index is -4.03. The summed E-state index contributed by atoms with van der Waals surface area (Å²) in [7, 11) is 0. The van der Waals surface area contributed by atoms with Gasteiger partial charge in [-0.1, -0.05) is 35.8 Å². The van der Waals surface area contributed by atoms with Crippen LogP contribution in [0.4, 0.5) is 8.78 Å². The highest BCUT2D eigenvalue weighted by Crippen LogP contribution is 2.32. The first kappa shape index (κ1) is 17.4. The van der Waals surface area contributed by atoms with Crippen molar-refractivity contribution in [1.82, 2.24) is 10.2 Å². The molecule has 4 rings (SSSR count). The number of hydrogen-bond acceptors (Lipinski definition) is 4. The van der Waals surface area contributed by atoms with Crippen molar-refractivity contribution in [2.75, 3.05) is 0 Å². The lowest BCUT2D eigenvalue weighted by Crippen LogP contribution is -2.52. The Hall–Kier alpha value is -3.13. The van der Waals surface area contributed by atoms with Crippen molar-refractivity contribution in [3.8, 4) is 0 Å². The number of carbonyl (C=O) groups is 4. The van der Waals surface area contributed by atoms with E-state index in [1.807, 2.05) is 0 Å². The van der Waals surface area contributed by atoms with Gasteiger partial charge in [0.2, 0.25) is 17.6 Å². The number of imide groups is 1. The summed E-state index contributed by atoms with van der Waals surface area (Å²) in [6, 6.07) is 3.02. The van der Waals surface area contributed by atoms with Crippen molar-refractivity contribution < 1.29 is 33.4 Å². The fraction of sp³-hybridized carbons (Fsp3) is 0.304. The van der Waals surface area contributed by atoms with Crippen LogP contribution in [0.3, 0.4) is 0 Å². The van der Waals surface area contributed by atoms with Gasteiger partial charge < -0.3 is 4.90 Å². The zero-order chi connectivity index (χ0) is 26.6. The lowest BCUT2D eigenvalue weighted by atomic mass is 9.97. The number of Topliss-reactive ketones (excluding diaryl/α,β-unsaturated/α-hetero) is 1. The number of benzene rings is 2. The Morgan fingerprint density at radius 1 is 1.25 bits per heavy atom. The lowest BCUT2D eigenvalue weighted by Gasteiger charge is -2.29. The summed E-state index contributed by atoms with van der Waals surface area (Å²) in [5, 5.41) is 2.31. The molecule has 2 heterocycles. The quantitative estimate of drug-likeness (QED) is 0.664. The fourth-order valence-corrected chi connectivity index (χ4v) is 3.77. The van der Waals surface area contributed by atoms with E-state index in [4.69, 9.17) is 17.1 Å². The third kappa shape index (κ3) is 4.14. The third-order valence-corrected chi connectivity index (χ3v) is 5.61. The van der Waals surface area contributed by atoms with E-state index in [1.165, 1.54) is 12.1 Å².